The van der Waals surface area contributed by atoms with Crippen LogP contribution in [0.4, 0.5) is 16.2 Å². The number of urea groups is 1. The van der Waals surface area contributed by atoms with Gasteiger partial charge in [-0.1, -0.05) is 6.07 Å². The first-order valence-electron chi connectivity index (χ1n) is 5.63. The van der Waals surface area contributed by atoms with Crippen LogP contribution in [0.3, 0.4) is 0 Å². The van der Waals surface area contributed by atoms with Crippen LogP contribution in [0.25, 0.3) is 0 Å². The highest BCUT2D eigenvalue weighted by Gasteiger charge is 2.21. The van der Waals surface area contributed by atoms with E-state index in [0.717, 1.165) is 0 Å². The SMILES string of the molecule is O=C1CN(C(=O)Nc2cccc([N+](=O)[O-])c2)CCN1. The molecule has 8 nitrogen and oxygen atoms in total. The predicted octanol–water partition coefficient (Wildman–Crippen LogP) is 0.559. The van der Waals surface area contributed by atoms with Gasteiger partial charge in [-0.3, -0.25) is 14.9 Å². The van der Waals surface area contributed by atoms with Crippen LogP contribution >= 0.6 is 0 Å². The zero-order valence-corrected chi connectivity index (χ0v) is 9.96. The quantitative estimate of drug-likeness (QED) is 0.601. The average molecular weight is 264 g/mol. The molecule has 0 aromatic heterocycles. The molecule has 0 unspecified atom stereocenters. The number of nitro groups is 1. The minimum Gasteiger partial charge on any atom is -0.353 e. The van der Waals surface area contributed by atoms with Crippen LogP contribution in [0.2, 0.25) is 0 Å². The second-order valence-corrected chi connectivity index (χ2v) is 4.01. The highest BCUT2D eigenvalue weighted by molar-refractivity contribution is 5.93. The summed E-state index contributed by atoms with van der Waals surface area (Å²) in [4.78, 5) is 34.4. The van der Waals surface area contributed by atoms with Gasteiger partial charge in [0.2, 0.25) is 5.91 Å². The summed E-state index contributed by atoms with van der Waals surface area (Å²) in [7, 11) is 0. The summed E-state index contributed by atoms with van der Waals surface area (Å²) in [5.74, 6) is -0.222. The molecule has 2 N–H and O–H groups in total. The minimum absolute atomic E-state index is 0.0131. The van der Waals surface area contributed by atoms with Gasteiger partial charge in [-0.2, -0.15) is 0 Å². The molecule has 1 aliphatic heterocycles. The molecule has 2 rings (SSSR count). The number of nitro benzene ring substituents is 1. The van der Waals surface area contributed by atoms with Crippen LogP contribution in [0, 0.1) is 10.1 Å². The number of anilines is 1. The third kappa shape index (κ3) is 3.18. The Morgan fingerprint density at radius 1 is 1.47 bits per heavy atom. The van der Waals surface area contributed by atoms with Gasteiger partial charge in [0.05, 0.1) is 4.92 Å². The standard InChI is InChI=1S/C11H12N4O4/c16-10-7-14(5-4-12-10)11(17)13-8-2-1-3-9(6-8)15(18)19/h1-3,6H,4-5,7H2,(H,12,16)(H,13,17). The molecule has 1 aromatic rings. The second kappa shape index (κ2) is 5.34. The molecule has 3 amide bonds. The van der Waals surface area contributed by atoms with E-state index >= 15 is 0 Å². The number of hydrogen-bond acceptors (Lipinski definition) is 4. The average Bonchev–Trinajstić information content (AvgIpc) is 2.39. The van der Waals surface area contributed by atoms with Gasteiger partial charge in [-0.15, -0.1) is 0 Å². The van der Waals surface area contributed by atoms with E-state index in [4.69, 9.17) is 0 Å². The summed E-state index contributed by atoms with van der Waals surface area (Å²) in [5, 5.41) is 15.7. The number of rotatable bonds is 2. The van der Waals surface area contributed by atoms with E-state index in [2.05, 4.69) is 10.6 Å². The maximum absolute atomic E-state index is 11.9. The number of carbonyl (C=O) groups excluding carboxylic acids is 2. The molecule has 1 aliphatic rings. The number of amides is 3. The molecule has 8 heteroatoms. The summed E-state index contributed by atoms with van der Waals surface area (Å²) in [6.45, 7) is 0.800. The van der Waals surface area contributed by atoms with Crippen molar-refractivity contribution in [2.24, 2.45) is 0 Å². The highest BCUT2D eigenvalue weighted by atomic mass is 16.6. The van der Waals surface area contributed by atoms with Crippen molar-refractivity contribution in [1.82, 2.24) is 10.2 Å². The highest BCUT2D eigenvalue weighted by Crippen LogP contribution is 2.17. The largest absolute Gasteiger partial charge is 0.353 e. The first-order valence-corrected chi connectivity index (χ1v) is 5.63. The van der Waals surface area contributed by atoms with Crippen molar-refractivity contribution < 1.29 is 14.5 Å². The third-order valence-corrected chi connectivity index (χ3v) is 2.63. The number of piperazine rings is 1. The van der Waals surface area contributed by atoms with Crippen molar-refractivity contribution in [3.05, 3.63) is 34.4 Å². The van der Waals surface area contributed by atoms with Crippen LogP contribution in [-0.4, -0.2) is 41.4 Å². The molecule has 100 valence electrons. The van der Waals surface area contributed by atoms with Crippen molar-refractivity contribution in [2.75, 3.05) is 25.0 Å². The summed E-state index contributed by atoms with van der Waals surface area (Å²) in [6, 6.07) is 5.19. The van der Waals surface area contributed by atoms with Gasteiger partial charge in [-0.25, -0.2) is 4.79 Å². The molecule has 1 fully saturated rings. The lowest BCUT2D eigenvalue weighted by atomic mass is 10.3. The molecule has 19 heavy (non-hydrogen) atoms. The molecule has 1 heterocycles. The van der Waals surface area contributed by atoms with E-state index in [0.29, 0.717) is 18.8 Å². The Labute approximate surface area is 108 Å². The zero-order valence-electron chi connectivity index (χ0n) is 9.96. The Morgan fingerprint density at radius 2 is 2.26 bits per heavy atom. The topological polar surface area (TPSA) is 105 Å². The number of non-ortho nitro benzene ring substituents is 1. The molecule has 0 spiro atoms. The Morgan fingerprint density at radius 3 is 2.95 bits per heavy atom. The lowest BCUT2D eigenvalue weighted by molar-refractivity contribution is -0.384. The van der Waals surface area contributed by atoms with Gasteiger partial charge in [0, 0.05) is 30.9 Å². The number of nitrogens with zero attached hydrogens (tertiary/aromatic N) is 2. The monoisotopic (exact) mass is 264 g/mol. The predicted molar refractivity (Wildman–Crippen MR) is 66.7 cm³/mol. The molecule has 0 aliphatic carbocycles. The van der Waals surface area contributed by atoms with E-state index in [9.17, 15) is 19.7 Å². The van der Waals surface area contributed by atoms with Crippen LogP contribution in [0.1, 0.15) is 0 Å². The summed E-state index contributed by atoms with van der Waals surface area (Å²) < 4.78 is 0. The van der Waals surface area contributed by atoms with Crippen LogP contribution in [-0.2, 0) is 4.79 Å². The Balaban J connectivity index is 2.04. The van der Waals surface area contributed by atoms with Gasteiger partial charge in [0.1, 0.15) is 6.54 Å². The molecule has 0 saturated carbocycles. The first-order chi connectivity index (χ1) is 9.06. The number of carbonyl (C=O) groups is 2. The molecule has 1 aromatic carbocycles. The number of benzene rings is 1. The maximum Gasteiger partial charge on any atom is 0.322 e. The second-order valence-electron chi connectivity index (χ2n) is 4.01. The van der Waals surface area contributed by atoms with E-state index in [1.165, 1.54) is 23.1 Å². The van der Waals surface area contributed by atoms with E-state index in [-0.39, 0.29) is 18.1 Å². The lowest BCUT2D eigenvalue weighted by Gasteiger charge is -2.26. The van der Waals surface area contributed by atoms with Gasteiger partial charge < -0.3 is 15.5 Å². The molecule has 0 atom stereocenters. The van der Waals surface area contributed by atoms with Crippen LogP contribution in [0.5, 0.6) is 0 Å². The number of nitrogens with one attached hydrogen (secondary N) is 2. The number of hydrogen-bond donors (Lipinski definition) is 2. The van der Waals surface area contributed by atoms with E-state index in [1.807, 2.05) is 0 Å². The van der Waals surface area contributed by atoms with Crippen molar-refractivity contribution in [3.63, 3.8) is 0 Å². The van der Waals surface area contributed by atoms with Gasteiger partial charge >= 0.3 is 6.03 Å². The van der Waals surface area contributed by atoms with Gasteiger partial charge in [-0.05, 0) is 6.07 Å². The van der Waals surface area contributed by atoms with Crippen molar-refractivity contribution >= 4 is 23.3 Å². The fourth-order valence-electron chi connectivity index (χ4n) is 1.71. The maximum atomic E-state index is 11.9. The normalized spacial score (nSPS) is 14.7. The third-order valence-electron chi connectivity index (χ3n) is 2.63. The molecule has 0 radical (unpaired) electrons. The minimum atomic E-state index is -0.538. The molecule has 0 bridgehead atoms. The van der Waals surface area contributed by atoms with Crippen molar-refractivity contribution in [1.29, 1.82) is 0 Å². The van der Waals surface area contributed by atoms with E-state index in [1.54, 1.807) is 6.07 Å². The summed E-state index contributed by atoms with van der Waals surface area (Å²) in [6.07, 6.45) is 0. The van der Waals surface area contributed by atoms with Crippen molar-refractivity contribution in [3.8, 4) is 0 Å². The summed E-state index contributed by atoms with van der Waals surface area (Å²) >= 11 is 0. The molecular weight excluding hydrogens is 252 g/mol. The molecular formula is C11H12N4O4. The first kappa shape index (κ1) is 12.8. The van der Waals surface area contributed by atoms with E-state index < -0.39 is 11.0 Å². The smallest absolute Gasteiger partial charge is 0.322 e. The zero-order chi connectivity index (χ0) is 13.8. The Hall–Kier alpha value is -2.64. The van der Waals surface area contributed by atoms with Crippen LogP contribution < -0.4 is 10.6 Å². The van der Waals surface area contributed by atoms with Crippen LogP contribution in [0.15, 0.2) is 24.3 Å². The van der Waals surface area contributed by atoms with Gasteiger partial charge in [0.25, 0.3) is 5.69 Å². The lowest BCUT2D eigenvalue weighted by Crippen LogP contribution is -2.51. The summed E-state index contributed by atoms with van der Waals surface area (Å²) in [5.41, 5.74) is 0.222. The Bertz CT molecular complexity index is 531. The fourth-order valence-corrected chi connectivity index (χ4v) is 1.71. The van der Waals surface area contributed by atoms with Gasteiger partial charge in [0.15, 0.2) is 0 Å². The molecule has 1 saturated heterocycles. The Kier molecular flexibility index (Phi) is 3.60. The fraction of sp³-hybridized carbons (Fsp3) is 0.273. The van der Waals surface area contributed by atoms with Crippen molar-refractivity contribution in [2.45, 2.75) is 0 Å².